The smallest absolute Gasteiger partial charge is 0.462 e. The lowest BCUT2D eigenvalue weighted by molar-refractivity contribution is -0.161. The topological polar surface area (TPSA) is 237 Å². The monoisotopic (exact) mass is 1330 g/mol. The second-order valence-corrected chi connectivity index (χ2v) is 29.2. The van der Waals surface area contributed by atoms with Crippen LogP contribution in [0.5, 0.6) is 0 Å². The van der Waals surface area contributed by atoms with Gasteiger partial charge in [-0.15, -0.1) is 0 Å². The van der Waals surface area contributed by atoms with Gasteiger partial charge in [-0.05, 0) is 69.1 Å². The van der Waals surface area contributed by atoms with E-state index in [4.69, 9.17) is 37.0 Å². The van der Waals surface area contributed by atoms with Crippen LogP contribution in [0.4, 0.5) is 0 Å². The molecule has 91 heavy (non-hydrogen) atoms. The molecule has 0 aromatic heterocycles. The lowest BCUT2D eigenvalue weighted by atomic mass is 10.00. The zero-order chi connectivity index (χ0) is 67.3. The van der Waals surface area contributed by atoms with Crippen molar-refractivity contribution in [2.45, 2.75) is 356 Å². The number of rotatable bonds is 68. The molecule has 0 aliphatic carbocycles. The van der Waals surface area contributed by atoms with E-state index >= 15 is 0 Å². The number of carbonyl (C=O) groups excluding carboxylic acids is 4. The lowest BCUT2D eigenvalue weighted by Crippen LogP contribution is -2.30. The van der Waals surface area contributed by atoms with Crippen LogP contribution in [-0.4, -0.2) is 96.7 Å². The van der Waals surface area contributed by atoms with Crippen LogP contribution in [0.15, 0.2) is 24.3 Å². The number of aliphatic hydroxyl groups excluding tert-OH is 1. The molecule has 17 nitrogen and oxygen atoms in total. The number of phosphoric ester groups is 2. The van der Waals surface area contributed by atoms with E-state index in [0.29, 0.717) is 25.7 Å². The van der Waals surface area contributed by atoms with Gasteiger partial charge in [0.25, 0.3) is 0 Å². The summed E-state index contributed by atoms with van der Waals surface area (Å²) in [5.74, 6) is 0.0770. The molecular weight excluding hydrogens is 1200 g/mol. The molecule has 4 unspecified atom stereocenters. The molecule has 19 heteroatoms. The number of hydrogen-bond donors (Lipinski definition) is 3. The van der Waals surface area contributed by atoms with E-state index in [0.717, 1.165) is 127 Å². The first-order valence-electron chi connectivity index (χ1n) is 36.7. The Morgan fingerprint density at radius 3 is 0.978 bits per heavy atom. The number of phosphoric acid groups is 2. The van der Waals surface area contributed by atoms with Crippen molar-refractivity contribution >= 4 is 39.5 Å². The quantitative estimate of drug-likeness (QED) is 0.0169. The van der Waals surface area contributed by atoms with E-state index in [1.54, 1.807) is 0 Å². The maximum atomic E-state index is 13.0. The maximum absolute atomic E-state index is 13.0. The van der Waals surface area contributed by atoms with Crippen molar-refractivity contribution in [3.05, 3.63) is 24.3 Å². The molecule has 3 N–H and O–H groups in total. The van der Waals surface area contributed by atoms with E-state index in [-0.39, 0.29) is 25.7 Å². The molecule has 0 spiro atoms. The SMILES string of the molecule is CCCCCC/C=C\C=C/CCCCCCCC(=O)O[C@H](COC(=O)CCCCCCCCC(C)CC)COP(=O)(O)OC[C@H](O)COP(=O)(O)OC[C@@H](COC(=O)CCCCCCCCCCCCCCCC(C)C)OC(=O)CCCCCCCCC(C)CC. The Hall–Kier alpha value is -2.46. The Morgan fingerprint density at radius 1 is 0.363 bits per heavy atom. The molecule has 0 bridgehead atoms. The predicted octanol–water partition coefficient (Wildman–Crippen LogP) is 20.2. The van der Waals surface area contributed by atoms with E-state index in [1.165, 1.54) is 128 Å². The van der Waals surface area contributed by atoms with Crippen molar-refractivity contribution < 1.29 is 80.2 Å². The van der Waals surface area contributed by atoms with Crippen LogP contribution >= 0.6 is 15.6 Å². The summed E-state index contributed by atoms with van der Waals surface area (Å²) in [6.45, 7) is 11.7. The number of unbranched alkanes of at least 4 members (excludes halogenated alkanes) is 31. The summed E-state index contributed by atoms with van der Waals surface area (Å²) >= 11 is 0. The Kier molecular flexibility index (Phi) is 60.7. The Labute approximate surface area is 554 Å². The summed E-state index contributed by atoms with van der Waals surface area (Å²) < 4.78 is 68.3. The normalized spacial score (nSPS) is 14.9. The third-order valence-electron chi connectivity index (χ3n) is 16.7. The molecular formula is C72H136O17P2. The number of aliphatic hydroxyl groups is 1. The van der Waals surface area contributed by atoms with Crippen molar-refractivity contribution in [1.82, 2.24) is 0 Å². The molecule has 0 aliphatic rings. The molecule has 7 atom stereocenters. The third kappa shape index (κ3) is 63.4. The number of esters is 4. The fourth-order valence-corrected chi connectivity index (χ4v) is 11.9. The second kappa shape index (κ2) is 62.4. The highest BCUT2D eigenvalue weighted by Crippen LogP contribution is 2.45. The minimum Gasteiger partial charge on any atom is -0.462 e. The average molecular weight is 1340 g/mol. The van der Waals surface area contributed by atoms with Crippen molar-refractivity contribution in [2.75, 3.05) is 39.6 Å². The van der Waals surface area contributed by atoms with Gasteiger partial charge in [-0.25, -0.2) is 9.13 Å². The van der Waals surface area contributed by atoms with Gasteiger partial charge in [0.2, 0.25) is 0 Å². The van der Waals surface area contributed by atoms with Gasteiger partial charge in [0.15, 0.2) is 12.2 Å². The molecule has 0 amide bonds. The first-order valence-corrected chi connectivity index (χ1v) is 39.7. The van der Waals surface area contributed by atoms with Gasteiger partial charge < -0.3 is 33.8 Å². The molecule has 0 fully saturated rings. The van der Waals surface area contributed by atoms with Crippen LogP contribution < -0.4 is 0 Å². The lowest BCUT2D eigenvalue weighted by Gasteiger charge is -2.21. The largest absolute Gasteiger partial charge is 0.472 e. The van der Waals surface area contributed by atoms with E-state index in [2.05, 4.69) is 72.8 Å². The van der Waals surface area contributed by atoms with Crippen molar-refractivity contribution in [3.63, 3.8) is 0 Å². The average Bonchev–Trinajstić information content (AvgIpc) is 2.79. The summed E-state index contributed by atoms with van der Waals surface area (Å²) in [7, 11) is -9.92. The van der Waals surface area contributed by atoms with Crippen LogP contribution in [0.25, 0.3) is 0 Å². The maximum Gasteiger partial charge on any atom is 0.472 e. The standard InChI is InChI=1S/C72H136O17P2/c1-8-11-12-13-14-15-16-17-18-21-25-28-31-41-48-55-71(76)88-67(60-83-70(75)54-47-40-34-32-37-44-51-64(6)9-2)61-86-90(78,79)84-57-66(73)58-85-91(80,81)87-62-68(89-72(77)56-49-42-35-33-38-45-52-65(7)10-3)59-82-69(74)53-46-39-30-27-24-22-19-20-23-26-29-36-43-50-63(4)5/h15-18,63-68,73H,8-14,19-62H2,1-7H3,(H,78,79)(H,80,81)/b16-15-,18-17-/t64?,65?,66-,67+,68+/m0/s1. The summed E-state index contributed by atoms with van der Waals surface area (Å²) in [5.41, 5.74) is 0. The van der Waals surface area contributed by atoms with Crippen molar-refractivity contribution in [2.24, 2.45) is 17.8 Å². The molecule has 0 aromatic rings. The van der Waals surface area contributed by atoms with Gasteiger partial charge in [0, 0.05) is 25.7 Å². The highest BCUT2D eigenvalue weighted by Gasteiger charge is 2.30. The minimum absolute atomic E-state index is 0.0836. The summed E-state index contributed by atoms with van der Waals surface area (Å²) in [5, 5.41) is 10.6. The number of hydrogen-bond acceptors (Lipinski definition) is 15. The van der Waals surface area contributed by atoms with Crippen LogP contribution in [0.3, 0.4) is 0 Å². The third-order valence-corrected chi connectivity index (χ3v) is 18.6. The second-order valence-electron chi connectivity index (χ2n) is 26.3. The number of allylic oxidation sites excluding steroid dienone is 4. The van der Waals surface area contributed by atoms with Crippen molar-refractivity contribution in [3.8, 4) is 0 Å². The number of carbonyl (C=O) groups is 4. The molecule has 0 aromatic carbocycles. The fourth-order valence-electron chi connectivity index (χ4n) is 10.3. The van der Waals surface area contributed by atoms with Crippen LogP contribution in [0.2, 0.25) is 0 Å². The van der Waals surface area contributed by atoms with E-state index in [9.17, 15) is 43.2 Å². The highest BCUT2D eigenvalue weighted by atomic mass is 31.2. The zero-order valence-corrected chi connectivity index (χ0v) is 60.6. The number of ether oxygens (including phenoxy) is 4. The molecule has 0 rings (SSSR count). The van der Waals surface area contributed by atoms with E-state index in [1.807, 2.05) is 0 Å². The first-order chi connectivity index (χ1) is 43.8. The van der Waals surface area contributed by atoms with Crippen molar-refractivity contribution in [1.29, 1.82) is 0 Å². The molecule has 0 saturated heterocycles. The molecule has 536 valence electrons. The minimum atomic E-state index is -4.96. The van der Waals surface area contributed by atoms with Gasteiger partial charge in [0.1, 0.15) is 19.3 Å². The summed E-state index contributed by atoms with van der Waals surface area (Å²) in [6, 6.07) is 0. The van der Waals surface area contributed by atoms with Crippen LogP contribution in [-0.2, 0) is 65.4 Å². The Balaban J connectivity index is 5.26. The molecule has 0 radical (unpaired) electrons. The highest BCUT2D eigenvalue weighted by molar-refractivity contribution is 7.47. The molecule has 0 heterocycles. The zero-order valence-electron chi connectivity index (χ0n) is 58.8. The van der Waals surface area contributed by atoms with Gasteiger partial charge in [-0.1, -0.05) is 285 Å². The van der Waals surface area contributed by atoms with Gasteiger partial charge >= 0.3 is 39.5 Å². The summed E-state index contributed by atoms with van der Waals surface area (Å²) in [4.78, 5) is 72.6. The predicted molar refractivity (Wildman–Crippen MR) is 367 cm³/mol. The van der Waals surface area contributed by atoms with Gasteiger partial charge in [-0.3, -0.25) is 37.3 Å². The fraction of sp³-hybridized carbons (Fsp3) is 0.889. The first kappa shape index (κ1) is 88.5. The van der Waals surface area contributed by atoms with E-state index < -0.39 is 97.5 Å². The summed E-state index contributed by atoms with van der Waals surface area (Å²) in [6.07, 6.45) is 49.5. The van der Waals surface area contributed by atoms with Crippen LogP contribution in [0, 0.1) is 17.8 Å². The Morgan fingerprint density at radius 2 is 0.648 bits per heavy atom. The van der Waals surface area contributed by atoms with Crippen LogP contribution in [0.1, 0.15) is 337 Å². The van der Waals surface area contributed by atoms with Gasteiger partial charge in [0.05, 0.1) is 26.4 Å². The van der Waals surface area contributed by atoms with Gasteiger partial charge in [-0.2, -0.15) is 0 Å². The molecule has 0 aliphatic heterocycles. The Bertz CT molecular complexity index is 1880. The molecule has 0 saturated carbocycles.